The van der Waals surface area contributed by atoms with Crippen molar-refractivity contribution in [2.45, 2.75) is 57.4 Å². The molecule has 22 heavy (non-hydrogen) atoms. The van der Waals surface area contributed by atoms with Gasteiger partial charge in [-0.15, -0.1) is 10.2 Å². The standard InChI is InChI=1S/C17H24N4O/c22-16(11-13-5-1-2-6-13)20-9-3-7-14(12-20)17-19-18-15-8-4-10-21(15)17/h1,5,13-14H,2-4,6-12H2/t13-,14+/m1/s1. The van der Waals surface area contributed by atoms with Crippen molar-refractivity contribution in [1.29, 1.82) is 0 Å². The fourth-order valence-electron chi connectivity index (χ4n) is 4.11. The number of nitrogens with zero attached hydrogens (tertiary/aromatic N) is 4. The van der Waals surface area contributed by atoms with E-state index in [4.69, 9.17) is 0 Å². The third kappa shape index (κ3) is 2.57. The van der Waals surface area contributed by atoms with Crippen LogP contribution in [0, 0.1) is 5.92 Å². The number of aryl methyl sites for hydroxylation is 1. The minimum absolute atomic E-state index is 0.322. The summed E-state index contributed by atoms with van der Waals surface area (Å²) in [6, 6.07) is 0. The van der Waals surface area contributed by atoms with Crippen molar-refractivity contribution >= 4 is 5.91 Å². The highest BCUT2D eigenvalue weighted by atomic mass is 16.2. The van der Waals surface area contributed by atoms with E-state index in [0.29, 0.717) is 24.2 Å². The Bertz CT molecular complexity index is 591. The number of piperidine rings is 1. The molecule has 4 rings (SSSR count). The van der Waals surface area contributed by atoms with Gasteiger partial charge < -0.3 is 9.47 Å². The second-order valence-corrected chi connectivity index (χ2v) is 6.88. The normalized spacial score (nSPS) is 27.4. The first kappa shape index (κ1) is 14.0. The maximum atomic E-state index is 12.6. The highest BCUT2D eigenvalue weighted by Crippen LogP contribution is 2.29. The Morgan fingerprint density at radius 3 is 3.05 bits per heavy atom. The van der Waals surface area contributed by atoms with Crippen molar-refractivity contribution < 1.29 is 4.79 Å². The number of allylic oxidation sites excluding steroid dienone is 2. The van der Waals surface area contributed by atoms with Crippen LogP contribution in [0.1, 0.15) is 56.1 Å². The summed E-state index contributed by atoms with van der Waals surface area (Å²) in [5, 5.41) is 8.75. The highest BCUT2D eigenvalue weighted by Gasteiger charge is 2.30. The SMILES string of the molecule is O=C(C[C@@H]1C=CCC1)N1CCC[C@H](c2nnc3n2CCC3)C1. The average Bonchev–Trinajstić information content (AvgIpc) is 3.25. The first-order chi connectivity index (χ1) is 10.8. The molecule has 1 fully saturated rings. The van der Waals surface area contributed by atoms with E-state index in [1.807, 2.05) is 0 Å². The molecular formula is C17H24N4O. The van der Waals surface area contributed by atoms with E-state index in [9.17, 15) is 4.79 Å². The van der Waals surface area contributed by atoms with Crippen molar-refractivity contribution in [3.63, 3.8) is 0 Å². The van der Waals surface area contributed by atoms with Crippen LogP contribution in [0.2, 0.25) is 0 Å². The third-order valence-electron chi connectivity index (χ3n) is 5.33. The molecule has 0 radical (unpaired) electrons. The summed E-state index contributed by atoms with van der Waals surface area (Å²) in [5.74, 6) is 3.41. The molecule has 0 spiro atoms. The summed E-state index contributed by atoms with van der Waals surface area (Å²) in [5.41, 5.74) is 0. The monoisotopic (exact) mass is 300 g/mol. The molecule has 0 aromatic carbocycles. The van der Waals surface area contributed by atoms with Gasteiger partial charge in [-0.3, -0.25) is 4.79 Å². The zero-order valence-electron chi connectivity index (χ0n) is 13.1. The fourth-order valence-corrected chi connectivity index (χ4v) is 4.11. The number of rotatable bonds is 3. The highest BCUT2D eigenvalue weighted by molar-refractivity contribution is 5.77. The molecule has 3 heterocycles. The van der Waals surface area contributed by atoms with Crippen molar-refractivity contribution in [3.05, 3.63) is 23.8 Å². The Morgan fingerprint density at radius 2 is 2.18 bits per heavy atom. The van der Waals surface area contributed by atoms with Crippen molar-refractivity contribution in [1.82, 2.24) is 19.7 Å². The summed E-state index contributed by atoms with van der Waals surface area (Å²) < 4.78 is 2.29. The first-order valence-corrected chi connectivity index (χ1v) is 8.67. The molecule has 3 aliphatic rings. The maximum absolute atomic E-state index is 12.6. The molecule has 0 saturated carbocycles. The Balaban J connectivity index is 1.43. The number of hydrogen-bond donors (Lipinski definition) is 0. The minimum Gasteiger partial charge on any atom is -0.342 e. The summed E-state index contributed by atoms with van der Waals surface area (Å²) in [6.45, 7) is 2.79. The van der Waals surface area contributed by atoms with Crippen LogP contribution in [-0.2, 0) is 17.8 Å². The molecule has 2 atom stereocenters. The van der Waals surface area contributed by atoms with E-state index in [-0.39, 0.29) is 0 Å². The molecule has 5 heteroatoms. The van der Waals surface area contributed by atoms with Crippen LogP contribution in [0.3, 0.4) is 0 Å². The molecule has 118 valence electrons. The smallest absolute Gasteiger partial charge is 0.223 e. The summed E-state index contributed by atoms with van der Waals surface area (Å²) >= 11 is 0. The van der Waals surface area contributed by atoms with E-state index in [0.717, 1.165) is 63.4 Å². The lowest BCUT2D eigenvalue weighted by atomic mass is 9.95. The largest absolute Gasteiger partial charge is 0.342 e. The number of aromatic nitrogens is 3. The Morgan fingerprint density at radius 1 is 1.23 bits per heavy atom. The van der Waals surface area contributed by atoms with Gasteiger partial charge in [0.15, 0.2) is 0 Å². The van der Waals surface area contributed by atoms with Crippen molar-refractivity contribution in [2.24, 2.45) is 5.92 Å². The Kier molecular flexibility index (Phi) is 3.72. The van der Waals surface area contributed by atoms with Crippen molar-refractivity contribution in [3.8, 4) is 0 Å². The van der Waals surface area contributed by atoms with Gasteiger partial charge in [0, 0.05) is 38.4 Å². The van der Waals surface area contributed by atoms with Crippen LogP contribution in [0.15, 0.2) is 12.2 Å². The summed E-state index contributed by atoms with van der Waals surface area (Å²) in [4.78, 5) is 14.6. The molecule has 1 aromatic rings. The first-order valence-electron chi connectivity index (χ1n) is 8.67. The van der Waals surface area contributed by atoms with Crippen LogP contribution in [-0.4, -0.2) is 38.7 Å². The molecule has 1 saturated heterocycles. The van der Waals surface area contributed by atoms with E-state index >= 15 is 0 Å². The molecular weight excluding hydrogens is 276 g/mol. The van der Waals surface area contributed by atoms with Crippen molar-refractivity contribution in [2.75, 3.05) is 13.1 Å². The van der Waals surface area contributed by atoms with Gasteiger partial charge in [0.1, 0.15) is 11.6 Å². The number of hydrogen-bond acceptors (Lipinski definition) is 3. The number of amides is 1. The quantitative estimate of drug-likeness (QED) is 0.805. The molecule has 1 aromatic heterocycles. The second-order valence-electron chi connectivity index (χ2n) is 6.88. The number of likely N-dealkylation sites (tertiary alicyclic amines) is 1. The van der Waals surface area contributed by atoms with Gasteiger partial charge >= 0.3 is 0 Å². The molecule has 5 nitrogen and oxygen atoms in total. The van der Waals surface area contributed by atoms with E-state index in [1.165, 1.54) is 6.42 Å². The van der Waals surface area contributed by atoms with Gasteiger partial charge in [-0.2, -0.15) is 0 Å². The fraction of sp³-hybridized carbons (Fsp3) is 0.706. The van der Waals surface area contributed by atoms with Crippen LogP contribution in [0.5, 0.6) is 0 Å². The minimum atomic E-state index is 0.322. The van der Waals surface area contributed by atoms with Crippen LogP contribution in [0.4, 0.5) is 0 Å². The second kappa shape index (κ2) is 5.86. The third-order valence-corrected chi connectivity index (χ3v) is 5.33. The molecule has 2 aliphatic heterocycles. The number of carbonyl (C=O) groups excluding carboxylic acids is 1. The van der Waals surface area contributed by atoms with E-state index in [1.54, 1.807) is 0 Å². The molecule has 1 amide bonds. The van der Waals surface area contributed by atoms with Gasteiger partial charge in [-0.1, -0.05) is 12.2 Å². The Hall–Kier alpha value is -1.65. The van der Waals surface area contributed by atoms with E-state index < -0.39 is 0 Å². The van der Waals surface area contributed by atoms with Crippen LogP contribution < -0.4 is 0 Å². The average molecular weight is 300 g/mol. The maximum Gasteiger partial charge on any atom is 0.223 e. The molecule has 0 N–H and O–H groups in total. The lowest BCUT2D eigenvalue weighted by Crippen LogP contribution is -2.40. The lowest BCUT2D eigenvalue weighted by molar-refractivity contribution is -0.133. The van der Waals surface area contributed by atoms with Gasteiger partial charge in [-0.05, 0) is 38.0 Å². The zero-order valence-corrected chi connectivity index (χ0v) is 13.1. The van der Waals surface area contributed by atoms with Gasteiger partial charge in [0.2, 0.25) is 5.91 Å². The number of carbonyl (C=O) groups is 1. The Labute approximate surface area is 131 Å². The summed E-state index contributed by atoms with van der Waals surface area (Å²) in [6.07, 6.45) is 11.8. The predicted octanol–water partition coefficient (Wildman–Crippen LogP) is 2.29. The molecule has 0 bridgehead atoms. The van der Waals surface area contributed by atoms with Crippen LogP contribution in [0.25, 0.3) is 0 Å². The topological polar surface area (TPSA) is 51.0 Å². The lowest BCUT2D eigenvalue weighted by Gasteiger charge is -2.33. The van der Waals surface area contributed by atoms with Gasteiger partial charge in [-0.25, -0.2) is 0 Å². The predicted molar refractivity (Wildman–Crippen MR) is 83.4 cm³/mol. The van der Waals surface area contributed by atoms with E-state index in [2.05, 4.69) is 31.8 Å². The van der Waals surface area contributed by atoms with Gasteiger partial charge in [0.25, 0.3) is 0 Å². The summed E-state index contributed by atoms with van der Waals surface area (Å²) in [7, 11) is 0. The molecule has 1 aliphatic carbocycles. The van der Waals surface area contributed by atoms with Crippen LogP contribution >= 0.6 is 0 Å². The van der Waals surface area contributed by atoms with Gasteiger partial charge in [0.05, 0.1) is 0 Å². The molecule has 0 unspecified atom stereocenters. The number of fused-ring (bicyclic) bond motifs is 1. The zero-order chi connectivity index (χ0) is 14.9.